The van der Waals surface area contributed by atoms with Gasteiger partial charge in [0.1, 0.15) is 6.10 Å². The molecule has 2 fully saturated rings. The van der Waals surface area contributed by atoms with Gasteiger partial charge in [-0.25, -0.2) is 19.4 Å². The SMILES string of the molecule is CCNC(=NCc1ccnc(OC2CCCC2)c1)NC1CCN(c2ncccc2F)C1. The molecule has 1 aliphatic carbocycles. The molecule has 0 amide bonds. The van der Waals surface area contributed by atoms with Gasteiger partial charge >= 0.3 is 0 Å². The molecule has 1 unspecified atom stereocenters. The van der Waals surface area contributed by atoms with Crippen LogP contribution in [0.4, 0.5) is 10.2 Å². The minimum absolute atomic E-state index is 0.179. The van der Waals surface area contributed by atoms with Gasteiger partial charge < -0.3 is 20.3 Å². The molecular weight excluding hydrogens is 395 g/mol. The summed E-state index contributed by atoms with van der Waals surface area (Å²) in [7, 11) is 0. The van der Waals surface area contributed by atoms with Crippen molar-refractivity contribution in [1.29, 1.82) is 0 Å². The molecule has 31 heavy (non-hydrogen) atoms. The maximum absolute atomic E-state index is 14.0. The van der Waals surface area contributed by atoms with E-state index >= 15 is 0 Å². The van der Waals surface area contributed by atoms with Gasteiger partial charge in [-0.15, -0.1) is 0 Å². The van der Waals surface area contributed by atoms with Crippen molar-refractivity contribution in [2.45, 2.75) is 57.7 Å². The molecule has 3 heterocycles. The lowest BCUT2D eigenvalue weighted by atomic mass is 10.2. The summed E-state index contributed by atoms with van der Waals surface area (Å²) in [6, 6.07) is 7.19. The van der Waals surface area contributed by atoms with E-state index in [2.05, 4.69) is 20.6 Å². The number of hydrogen-bond donors (Lipinski definition) is 2. The number of rotatable bonds is 7. The van der Waals surface area contributed by atoms with E-state index in [9.17, 15) is 4.39 Å². The summed E-state index contributed by atoms with van der Waals surface area (Å²) < 4.78 is 20.1. The average molecular weight is 427 g/mol. The zero-order valence-electron chi connectivity index (χ0n) is 18.1. The number of halogens is 1. The number of aliphatic imine (C=N–C) groups is 1. The lowest BCUT2D eigenvalue weighted by Gasteiger charge is -2.20. The number of hydrogen-bond acceptors (Lipinski definition) is 5. The Bertz CT molecular complexity index is 886. The fraction of sp³-hybridized carbons (Fsp3) is 0.522. The van der Waals surface area contributed by atoms with Crippen molar-refractivity contribution in [3.63, 3.8) is 0 Å². The van der Waals surface area contributed by atoms with Crippen LogP contribution in [0.5, 0.6) is 5.88 Å². The topological polar surface area (TPSA) is 74.7 Å². The van der Waals surface area contributed by atoms with Gasteiger partial charge in [0.15, 0.2) is 17.6 Å². The Labute approximate surface area is 183 Å². The molecule has 0 aromatic carbocycles. The van der Waals surface area contributed by atoms with Crippen molar-refractivity contribution in [2.75, 3.05) is 24.5 Å². The lowest BCUT2D eigenvalue weighted by molar-refractivity contribution is 0.201. The largest absolute Gasteiger partial charge is 0.474 e. The maximum atomic E-state index is 14.0. The smallest absolute Gasteiger partial charge is 0.213 e. The van der Waals surface area contributed by atoms with Crippen LogP contribution in [-0.4, -0.2) is 47.7 Å². The van der Waals surface area contributed by atoms with E-state index in [1.807, 2.05) is 24.0 Å². The first-order chi connectivity index (χ1) is 15.2. The molecule has 0 spiro atoms. The van der Waals surface area contributed by atoms with E-state index in [1.54, 1.807) is 18.5 Å². The number of aromatic nitrogens is 2. The van der Waals surface area contributed by atoms with Crippen molar-refractivity contribution in [3.05, 3.63) is 48.0 Å². The van der Waals surface area contributed by atoms with Crippen LogP contribution in [0.3, 0.4) is 0 Å². The molecule has 1 atom stereocenters. The monoisotopic (exact) mass is 426 g/mol. The highest BCUT2D eigenvalue weighted by Gasteiger charge is 2.26. The number of ether oxygens (including phenoxy) is 1. The third-order valence-corrected chi connectivity index (χ3v) is 5.72. The van der Waals surface area contributed by atoms with E-state index in [4.69, 9.17) is 9.73 Å². The molecule has 1 aliphatic heterocycles. The highest BCUT2D eigenvalue weighted by molar-refractivity contribution is 5.80. The molecule has 2 aromatic rings. The van der Waals surface area contributed by atoms with Crippen molar-refractivity contribution < 1.29 is 9.13 Å². The average Bonchev–Trinajstić information content (AvgIpc) is 3.45. The minimum atomic E-state index is -0.281. The van der Waals surface area contributed by atoms with Crippen molar-refractivity contribution in [2.24, 2.45) is 4.99 Å². The predicted octanol–water partition coefficient (Wildman–Crippen LogP) is 3.27. The Morgan fingerprint density at radius 2 is 2.10 bits per heavy atom. The summed E-state index contributed by atoms with van der Waals surface area (Å²) in [6.07, 6.45) is 9.29. The Balaban J connectivity index is 1.35. The van der Waals surface area contributed by atoms with E-state index in [1.165, 1.54) is 18.9 Å². The lowest BCUT2D eigenvalue weighted by Crippen LogP contribution is -2.44. The molecule has 2 aromatic heterocycles. The fourth-order valence-electron chi connectivity index (χ4n) is 4.15. The molecular formula is C23H31FN6O. The number of pyridine rings is 2. The summed E-state index contributed by atoms with van der Waals surface area (Å²) in [5.41, 5.74) is 1.06. The molecule has 0 radical (unpaired) electrons. The molecule has 2 aliphatic rings. The summed E-state index contributed by atoms with van der Waals surface area (Å²) in [4.78, 5) is 15.3. The van der Waals surface area contributed by atoms with E-state index in [0.717, 1.165) is 43.9 Å². The third kappa shape index (κ3) is 5.83. The Kier molecular flexibility index (Phi) is 7.17. The highest BCUT2D eigenvalue weighted by atomic mass is 19.1. The normalized spacial score (nSPS) is 19.6. The van der Waals surface area contributed by atoms with Crippen LogP contribution in [0, 0.1) is 5.82 Å². The molecule has 8 heteroatoms. The number of guanidine groups is 1. The molecule has 7 nitrogen and oxygen atoms in total. The second kappa shape index (κ2) is 10.4. The van der Waals surface area contributed by atoms with Crippen molar-refractivity contribution in [1.82, 2.24) is 20.6 Å². The highest BCUT2D eigenvalue weighted by Crippen LogP contribution is 2.23. The van der Waals surface area contributed by atoms with Crippen LogP contribution in [0.25, 0.3) is 0 Å². The van der Waals surface area contributed by atoms with Crippen LogP contribution in [-0.2, 0) is 6.54 Å². The van der Waals surface area contributed by atoms with Gasteiger partial charge in [-0.05, 0) is 62.8 Å². The fourth-order valence-corrected chi connectivity index (χ4v) is 4.15. The summed E-state index contributed by atoms with van der Waals surface area (Å²) in [5, 5.41) is 6.78. The summed E-state index contributed by atoms with van der Waals surface area (Å²) in [5.74, 6) is 1.57. The van der Waals surface area contributed by atoms with E-state index in [-0.39, 0.29) is 11.9 Å². The standard InChI is InChI=1S/C23H31FN6O/c1-2-25-23(29-18-10-13-30(16-18)22-20(24)8-5-11-27-22)28-15-17-9-12-26-21(14-17)31-19-6-3-4-7-19/h5,8-9,11-12,14,18-19H,2-4,6-7,10,13,15-16H2,1H3,(H2,25,28,29). The van der Waals surface area contributed by atoms with Crippen molar-refractivity contribution >= 4 is 11.8 Å². The van der Waals surface area contributed by atoms with Crippen LogP contribution in [0.2, 0.25) is 0 Å². The molecule has 0 bridgehead atoms. The van der Waals surface area contributed by atoms with Crippen LogP contribution >= 0.6 is 0 Å². The first-order valence-electron chi connectivity index (χ1n) is 11.2. The Hall–Kier alpha value is -2.90. The first-order valence-corrected chi connectivity index (χ1v) is 11.2. The molecule has 1 saturated carbocycles. The van der Waals surface area contributed by atoms with Gasteiger partial charge in [-0.3, -0.25) is 0 Å². The molecule has 2 N–H and O–H groups in total. The van der Waals surface area contributed by atoms with Gasteiger partial charge in [0.2, 0.25) is 5.88 Å². The second-order valence-electron chi connectivity index (χ2n) is 8.11. The number of nitrogens with zero attached hydrogens (tertiary/aromatic N) is 4. The molecule has 4 rings (SSSR count). The first kappa shape index (κ1) is 21.3. The van der Waals surface area contributed by atoms with E-state index < -0.39 is 0 Å². The van der Waals surface area contributed by atoms with Gasteiger partial charge in [0, 0.05) is 44.1 Å². The summed E-state index contributed by atoms with van der Waals surface area (Å²) >= 11 is 0. The summed E-state index contributed by atoms with van der Waals surface area (Å²) in [6.45, 7) is 4.79. The van der Waals surface area contributed by atoms with Crippen LogP contribution in [0.15, 0.2) is 41.7 Å². The van der Waals surface area contributed by atoms with Crippen LogP contribution < -0.4 is 20.3 Å². The third-order valence-electron chi connectivity index (χ3n) is 5.72. The quantitative estimate of drug-likeness (QED) is 0.523. The van der Waals surface area contributed by atoms with Gasteiger partial charge in [-0.2, -0.15) is 0 Å². The zero-order valence-corrected chi connectivity index (χ0v) is 18.1. The van der Waals surface area contributed by atoms with Crippen LogP contribution in [0.1, 0.15) is 44.6 Å². The van der Waals surface area contributed by atoms with Gasteiger partial charge in [-0.1, -0.05) is 0 Å². The zero-order chi connectivity index (χ0) is 21.5. The predicted molar refractivity (Wildman–Crippen MR) is 120 cm³/mol. The van der Waals surface area contributed by atoms with Gasteiger partial charge in [0.05, 0.1) is 6.54 Å². The Morgan fingerprint density at radius 1 is 1.23 bits per heavy atom. The molecule has 166 valence electrons. The second-order valence-corrected chi connectivity index (χ2v) is 8.11. The minimum Gasteiger partial charge on any atom is -0.474 e. The Morgan fingerprint density at radius 3 is 2.90 bits per heavy atom. The number of nitrogens with one attached hydrogen (secondary N) is 2. The molecule has 1 saturated heterocycles. The van der Waals surface area contributed by atoms with Crippen molar-refractivity contribution in [3.8, 4) is 5.88 Å². The maximum Gasteiger partial charge on any atom is 0.213 e. The van der Waals surface area contributed by atoms with Gasteiger partial charge in [0.25, 0.3) is 0 Å². The number of anilines is 1. The van der Waals surface area contributed by atoms with E-state index in [0.29, 0.717) is 30.9 Å².